The third kappa shape index (κ3) is 6.22. The van der Waals surface area contributed by atoms with Crippen molar-refractivity contribution in [3.05, 3.63) is 11.6 Å². The predicted octanol–water partition coefficient (Wildman–Crippen LogP) is 2.16. The Kier molecular flexibility index (Phi) is 10.4. The van der Waals surface area contributed by atoms with Gasteiger partial charge in [0.2, 0.25) is 0 Å². The van der Waals surface area contributed by atoms with Gasteiger partial charge in [-0.1, -0.05) is 46.3 Å². The maximum Gasteiger partial charge on any atom is 0.302 e. The van der Waals surface area contributed by atoms with Gasteiger partial charge in [0.15, 0.2) is 12.1 Å². The van der Waals surface area contributed by atoms with Crippen molar-refractivity contribution in [3.8, 4) is 0 Å². The third-order valence-corrected chi connectivity index (χ3v) is 14.4. The zero-order chi connectivity index (χ0) is 37.6. The predicted molar refractivity (Wildman–Crippen MR) is 181 cm³/mol. The first-order chi connectivity index (χ1) is 22.9. The number of ketones is 1. The van der Waals surface area contributed by atoms with E-state index < -0.39 is 95.0 Å². The minimum atomic E-state index is -1.82. The summed E-state index contributed by atoms with van der Waals surface area (Å²) in [5.74, 6) is -1.58. The molecule has 3 saturated carbocycles. The Hall–Kier alpha value is -1.48. The van der Waals surface area contributed by atoms with E-state index in [2.05, 4.69) is 26.8 Å². The molecule has 4 fully saturated rings. The minimum absolute atomic E-state index is 0.0187. The second-order valence-corrected chi connectivity index (χ2v) is 18.3. The number of allylic oxidation sites excluding steroid dienone is 1. The highest BCUT2D eigenvalue weighted by Crippen LogP contribution is 2.75. The van der Waals surface area contributed by atoms with Gasteiger partial charge in [0.25, 0.3) is 0 Å². The summed E-state index contributed by atoms with van der Waals surface area (Å²) < 4.78 is 17.9. The molecule has 0 aromatic rings. The van der Waals surface area contributed by atoms with Gasteiger partial charge < -0.3 is 50.0 Å². The van der Waals surface area contributed by atoms with E-state index in [1.165, 1.54) is 13.8 Å². The summed E-state index contributed by atoms with van der Waals surface area (Å²) in [5.41, 5.74) is -3.94. The Morgan fingerprint density at radius 2 is 1.58 bits per heavy atom. The molecular formula is C38H62O12. The van der Waals surface area contributed by atoms with E-state index in [9.17, 15) is 45.3 Å². The van der Waals surface area contributed by atoms with Crippen LogP contribution in [0.3, 0.4) is 0 Å². The van der Waals surface area contributed by atoms with Crippen LogP contribution in [0.1, 0.15) is 107 Å². The topological polar surface area (TPSA) is 203 Å². The van der Waals surface area contributed by atoms with Crippen LogP contribution in [0.25, 0.3) is 0 Å². The quantitative estimate of drug-likeness (QED) is 0.136. The lowest BCUT2D eigenvalue weighted by atomic mass is 9.38. The molecule has 1 aliphatic heterocycles. The Morgan fingerprint density at radius 3 is 2.16 bits per heavy atom. The van der Waals surface area contributed by atoms with Crippen molar-refractivity contribution in [1.29, 1.82) is 0 Å². The van der Waals surface area contributed by atoms with Gasteiger partial charge in [-0.3, -0.25) is 9.59 Å². The molecule has 0 bridgehead atoms. The fourth-order valence-electron chi connectivity index (χ4n) is 11.4. The van der Waals surface area contributed by atoms with E-state index in [0.717, 1.165) is 12.0 Å². The molecule has 1 heterocycles. The lowest BCUT2D eigenvalue weighted by molar-refractivity contribution is -0.324. The monoisotopic (exact) mass is 710 g/mol. The van der Waals surface area contributed by atoms with Crippen LogP contribution in [0.5, 0.6) is 0 Å². The van der Waals surface area contributed by atoms with Crippen LogP contribution in [0.2, 0.25) is 0 Å². The SMILES string of the molecule is CC(=O)O[C@H]1C[C@]2(C)[C@@H]3CC=C4[C@@H](C[C@@H](O[C@H]5O[C@@H](CO)[C@H](O)[C@@H](O)[C@@H]5O)[C@H](O)C4(C)C)[C@]3(C)CC[C@]2(C)[C@@H]1[C@](C)(O)C(=O)CCC(C)(C)O. The van der Waals surface area contributed by atoms with Crippen molar-refractivity contribution >= 4 is 11.8 Å². The van der Waals surface area contributed by atoms with Gasteiger partial charge in [-0.05, 0) is 87.4 Å². The normalized spacial score (nSPS) is 46.9. The van der Waals surface area contributed by atoms with Crippen LogP contribution in [0.4, 0.5) is 0 Å². The van der Waals surface area contributed by atoms with Gasteiger partial charge in [0, 0.05) is 24.7 Å². The molecule has 7 N–H and O–H groups in total. The first kappa shape index (κ1) is 39.7. The van der Waals surface area contributed by atoms with Crippen LogP contribution in [0, 0.1) is 39.4 Å². The highest BCUT2D eigenvalue weighted by Gasteiger charge is 2.73. The molecule has 0 aromatic heterocycles. The summed E-state index contributed by atoms with van der Waals surface area (Å²) in [7, 11) is 0. The number of carbonyl (C=O) groups is 2. The van der Waals surface area contributed by atoms with Crippen LogP contribution in [0.15, 0.2) is 11.6 Å². The standard InChI is InChI=1S/C38H62O12/c1-19(40)48-23-17-37(8)25-11-10-20-21(16-22(31(45)34(20,4)5)49-32-29(44)28(43)27(42)24(18-39)50-32)35(25,6)14-15-36(37,7)30(23)38(9,47)26(41)12-13-33(2,3)46/h10,21-25,27-32,39,42-47H,11-18H2,1-9H3/t21-,22-,23+,24+,25-,27+,28-,29+,30-,31+,32+,35+,36-,37-,38-/m1/s1. The number of esters is 1. The van der Waals surface area contributed by atoms with E-state index in [-0.39, 0.29) is 35.9 Å². The maximum atomic E-state index is 13.8. The average molecular weight is 711 g/mol. The van der Waals surface area contributed by atoms with Gasteiger partial charge in [-0.15, -0.1) is 0 Å². The molecule has 5 aliphatic rings. The van der Waals surface area contributed by atoms with Crippen molar-refractivity contribution < 1.29 is 59.5 Å². The van der Waals surface area contributed by atoms with E-state index in [0.29, 0.717) is 25.7 Å². The minimum Gasteiger partial charge on any atom is -0.462 e. The van der Waals surface area contributed by atoms with Crippen molar-refractivity contribution in [2.45, 2.75) is 167 Å². The number of ether oxygens (including phenoxy) is 3. The van der Waals surface area contributed by atoms with Crippen LogP contribution >= 0.6 is 0 Å². The number of rotatable bonds is 9. The second-order valence-electron chi connectivity index (χ2n) is 18.3. The first-order valence-electron chi connectivity index (χ1n) is 18.4. The number of Topliss-reactive ketones (excluding diaryl/α,β-unsaturated/α-hetero) is 1. The summed E-state index contributed by atoms with van der Waals surface area (Å²) in [4.78, 5) is 26.3. The molecule has 0 unspecified atom stereocenters. The number of fused-ring (bicyclic) bond motifs is 5. The highest BCUT2D eigenvalue weighted by molar-refractivity contribution is 5.87. The summed E-state index contributed by atoms with van der Waals surface area (Å²) >= 11 is 0. The molecule has 12 nitrogen and oxygen atoms in total. The number of aliphatic hydroxyl groups excluding tert-OH is 5. The van der Waals surface area contributed by atoms with Gasteiger partial charge in [-0.25, -0.2) is 0 Å². The highest BCUT2D eigenvalue weighted by atomic mass is 16.7. The van der Waals surface area contributed by atoms with Gasteiger partial charge in [0.1, 0.15) is 36.1 Å². The van der Waals surface area contributed by atoms with Crippen molar-refractivity contribution in [3.63, 3.8) is 0 Å². The molecule has 5 rings (SSSR count). The molecule has 15 atom stereocenters. The van der Waals surface area contributed by atoms with Crippen molar-refractivity contribution in [1.82, 2.24) is 0 Å². The van der Waals surface area contributed by atoms with Gasteiger partial charge in [0.05, 0.1) is 24.4 Å². The molecule has 50 heavy (non-hydrogen) atoms. The summed E-state index contributed by atoms with van der Waals surface area (Å²) in [5, 5.41) is 75.4. The fourth-order valence-corrected chi connectivity index (χ4v) is 11.4. The van der Waals surface area contributed by atoms with Gasteiger partial charge >= 0.3 is 5.97 Å². The molecule has 1 saturated heterocycles. The molecule has 286 valence electrons. The first-order valence-corrected chi connectivity index (χ1v) is 18.4. The lowest BCUT2D eigenvalue weighted by Gasteiger charge is -2.66. The average Bonchev–Trinajstić information content (AvgIpc) is 3.24. The number of aliphatic hydroxyl groups is 7. The third-order valence-electron chi connectivity index (χ3n) is 14.4. The summed E-state index contributed by atoms with van der Waals surface area (Å²) in [6, 6.07) is 0. The Morgan fingerprint density at radius 1 is 0.940 bits per heavy atom. The molecule has 0 radical (unpaired) electrons. The Labute approximate surface area is 296 Å². The second kappa shape index (κ2) is 13.1. The summed E-state index contributed by atoms with van der Waals surface area (Å²) in [6.07, 6.45) is -4.50. The van der Waals surface area contributed by atoms with Crippen LogP contribution in [-0.2, 0) is 23.8 Å². The van der Waals surface area contributed by atoms with Gasteiger partial charge in [-0.2, -0.15) is 0 Å². The largest absolute Gasteiger partial charge is 0.462 e. The number of hydrogen-bond donors (Lipinski definition) is 7. The van der Waals surface area contributed by atoms with E-state index in [1.54, 1.807) is 13.8 Å². The zero-order valence-corrected chi connectivity index (χ0v) is 31.3. The molecule has 0 spiro atoms. The number of carbonyl (C=O) groups excluding carboxylic acids is 2. The lowest BCUT2D eigenvalue weighted by Crippen LogP contribution is -2.64. The zero-order valence-electron chi connectivity index (χ0n) is 31.3. The molecule has 0 amide bonds. The molecule has 4 aliphatic carbocycles. The Balaban J connectivity index is 1.49. The van der Waals surface area contributed by atoms with Crippen molar-refractivity contribution in [2.24, 2.45) is 39.4 Å². The fraction of sp³-hybridized carbons (Fsp3) is 0.895. The molecule has 12 heteroatoms. The number of hydrogen-bond acceptors (Lipinski definition) is 12. The summed E-state index contributed by atoms with van der Waals surface area (Å²) in [6.45, 7) is 16.1. The van der Waals surface area contributed by atoms with E-state index >= 15 is 0 Å². The van der Waals surface area contributed by atoms with E-state index in [4.69, 9.17) is 14.2 Å². The van der Waals surface area contributed by atoms with Crippen LogP contribution < -0.4 is 0 Å². The van der Waals surface area contributed by atoms with Crippen LogP contribution in [-0.4, -0.2) is 114 Å². The van der Waals surface area contributed by atoms with Crippen molar-refractivity contribution in [2.75, 3.05) is 6.61 Å². The molecular weight excluding hydrogens is 648 g/mol. The smallest absolute Gasteiger partial charge is 0.302 e. The Bertz CT molecular complexity index is 1340. The van der Waals surface area contributed by atoms with E-state index in [1.807, 2.05) is 13.8 Å². The maximum absolute atomic E-state index is 13.8. The molecule has 0 aromatic carbocycles.